The molecule has 26 heavy (non-hydrogen) atoms. The van der Waals surface area contributed by atoms with Crippen molar-refractivity contribution in [2.24, 2.45) is 0 Å². The molecule has 0 atom stereocenters. The van der Waals surface area contributed by atoms with Gasteiger partial charge in [0.25, 0.3) is 5.91 Å². The molecule has 0 unspecified atom stereocenters. The smallest absolute Gasteiger partial charge is 0.253 e. The van der Waals surface area contributed by atoms with Gasteiger partial charge in [-0.3, -0.25) is 9.59 Å². The monoisotopic (exact) mass is 354 g/mol. The Kier molecular flexibility index (Phi) is 6.00. The average molecular weight is 354 g/mol. The van der Waals surface area contributed by atoms with Crippen molar-refractivity contribution in [3.8, 4) is 0 Å². The van der Waals surface area contributed by atoms with Gasteiger partial charge in [-0.25, -0.2) is 4.39 Å². The van der Waals surface area contributed by atoms with Crippen LogP contribution >= 0.6 is 0 Å². The highest BCUT2D eigenvalue weighted by Crippen LogP contribution is 2.15. The van der Waals surface area contributed by atoms with Crippen molar-refractivity contribution >= 4 is 11.8 Å². The molecule has 0 spiro atoms. The number of likely N-dealkylation sites (tertiary alicyclic amines) is 1. The lowest BCUT2D eigenvalue weighted by Crippen LogP contribution is -2.46. The van der Waals surface area contributed by atoms with E-state index in [9.17, 15) is 14.0 Å². The molecule has 1 heterocycles. The standard InChI is InChI=1S/C21H23FN2O2/c22-18-9-7-17(8-10-18)21(26)24-14-12-19(13-15-24)23-20(25)11-6-16-4-2-1-3-5-16/h1-5,7-10,19H,6,11-15H2,(H,23,25). The summed E-state index contributed by atoms with van der Waals surface area (Å²) in [4.78, 5) is 26.3. The lowest BCUT2D eigenvalue weighted by Gasteiger charge is -2.32. The van der Waals surface area contributed by atoms with Crippen molar-refractivity contribution in [1.29, 1.82) is 0 Å². The van der Waals surface area contributed by atoms with Crippen LogP contribution in [0.15, 0.2) is 54.6 Å². The van der Waals surface area contributed by atoms with E-state index in [1.807, 2.05) is 30.3 Å². The van der Waals surface area contributed by atoms with Gasteiger partial charge in [0.05, 0.1) is 0 Å². The number of benzene rings is 2. The minimum Gasteiger partial charge on any atom is -0.353 e. The van der Waals surface area contributed by atoms with Crippen molar-refractivity contribution < 1.29 is 14.0 Å². The van der Waals surface area contributed by atoms with Gasteiger partial charge in [-0.15, -0.1) is 0 Å². The molecule has 5 heteroatoms. The summed E-state index contributed by atoms with van der Waals surface area (Å²) in [7, 11) is 0. The highest BCUT2D eigenvalue weighted by Gasteiger charge is 2.24. The van der Waals surface area contributed by atoms with E-state index in [0.29, 0.717) is 25.1 Å². The molecule has 0 radical (unpaired) electrons. The summed E-state index contributed by atoms with van der Waals surface area (Å²) in [6, 6.07) is 15.7. The summed E-state index contributed by atoms with van der Waals surface area (Å²) >= 11 is 0. The van der Waals surface area contributed by atoms with Gasteiger partial charge in [-0.2, -0.15) is 0 Å². The molecule has 0 aliphatic carbocycles. The van der Waals surface area contributed by atoms with Crippen molar-refractivity contribution in [2.45, 2.75) is 31.7 Å². The minimum atomic E-state index is -0.349. The number of nitrogens with zero attached hydrogens (tertiary/aromatic N) is 1. The Morgan fingerprint density at radius 1 is 1.00 bits per heavy atom. The number of piperidine rings is 1. The SMILES string of the molecule is O=C(CCc1ccccc1)NC1CCN(C(=O)c2ccc(F)cc2)CC1. The summed E-state index contributed by atoms with van der Waals surface area (Å²) in [5.41, 5.74) is 1.65. The second kappa shape index (κ2) is 8.61. The van der Waals surface area contributed by atoms with E-state index in [0.717, 1.165) is 24.8 Å². The van der Waals surface area contributed by atoms with Gasteiger partial charge in [0.1, 0.15) is 5.82 Å². The van der Waals surface area contributed by atoms with Crippen molar-refractivity contribution in [3.63, 3.8) is 0 Å². The number of carbonyl (C=O) groups is 2. The normalized spacial score (nSPS) is 14.9. The molecule has 2 aromatic rings. The number of rotatable bonds is 5. The number of carbonyl (C=O) groups excluding carboxylic acids is 2. The Labute approximate surface area is 153 Å². The van der Waals surface area contributed by atoms with Crippen LogP contribution in [-0.4, -0.2) is 35.8 Å². The van der Waals surface area contributed by atoms with Crippen LogP contribution in [0.3, 0.4) is 0 Å². The Morgan fingerprint density at radius 3 is 2.31 bits per heavy atom. The minimum absolute atomic E-state index is 0.0529. The Bertz CT molecular complexity index is 738. The lowest BCUT2D eigenvalue weighted by atomic mass is 10.0. The summed E-state index contributed by atoms with van der Waals surface area (Å²) < 4.78 is 13.0. The van der Waals surface area contributed by atoms with Gasteiger partial charge in [0.15, 0.2) is 0 Å². The highest BCUT2D eigenvalue weighted by atomic mass is 19.1. The van der Waals surface area contributed by atoms with Crippen molar-refractivity contribution in [1.82, 2.24) is 10.2 Å². The largest absolute Gasteiger partial charge is 0.353 e. The van der Waals surface area contributed by atoms with E-state index < -0.39 is 0 Å². The number of aryl methyl sites for hydroxylation is 1. The molecule has 1 fully saturated rings. The van der Waals surface area contributed by atoms with Crippen LogP contribution < -0.4 is 5.32 Å². The predicted molar refractivity (Wildman–Crippen MR) is 98.2 cm³/mol. The Balaban J connectivity index is 1.42. The molecule has 2 amide bonds. The molecular formula is C21H23FN2O2. The van der Waals surface area contributed by atoms with Crippen molar-refractivity contribution in [3.05, 3.63) is 71.5 Å². The molecule has 3 rings (SSSR count). The second-order valence-electron chi connectivity index (χ2n) is 6.63. The van der Waals surface area contributed by atoms with E-state index in [1.165, 1.54) is 24.3 Å². The average Bonchev–Trinajstić information content (AvgIpc) is 2.68. The third kappa shape index (κ3) is 4.91. The molecule has 1 aliphatic heterocycles. The molecular weight excluding hydrogens is 331 g/mol. The van der Waals surface area contributed by atoms with Crippen LogP contribution in [0, 0.1) is 5.82 Å². The van der Waals surface area contributed by atoms with Crippen LogP contribution in [0.1, 0.15) is 35.2 Å². The van der Waals surface area contributed by atoms with Crippen LogP contribution in [0.2, 0.25) is 0 Å². The highest BCUT2D eigenvalue weighted by molar-refractivity contribution is 5.94. The van der Waals surface area contributed by atoms with E-state index in [2.05, 4.69) is 5.32 Å². The van der Waals surface area contributed by atoms with Crippen LogP contribution in [0.4, 0.5) is 4.39 Å². The fraction of sp³-hybridized carbons (Fsp3) is 0.333. The molecule has 1 aliphatic rings. The number of halogens is 1. The molecule has 2 aromatic carbocycles. The molecule has 0 saturated carbocycles. The van der Waals surface area contributed by atoms with Gasteiger partial charge < -0.3 is 10.2 Å². The van der Waals surface area contributed by atoms with Gasteiger partial charge in [0, 0.05) is 31.1 Å². The van der Waals surface area contributed by atoms with E-state index in [1.54, 1.807) is 4.90 Å². The third-order valence-electron chi connectivity index (χ3n) is 4.72. The fourth-order valence-electron chi connectivity index (χ4n) is 3.20. The molecule has 4 nitrogen and oxygen atoms in total. The number of amides is 2. The molecule has 1 saturated heterocycles. The molecule has 0 bridgehead atoms. The molecule has 136 valence electrons. The van der Waals surface area contributed by atoms with Crippen molar-refractivity contribution in [2.75, 3.05) is 13.1 Å². The maximum absolute atomic E-state index is 13.0. The predicted octanol–water partition coefficient (Wildman–Crippen LogP) is 3.18. The van der Waals surface area contributed by atoms with Gasteiger partial charge in [-0.1, -0.05) is 30.3 Å². The third-order valence-corrected chi connectivity index (χ3v) is 4.72. The zero-order valence-electron chi connectivity index (χ0n) is 14.7. The van der Waals surface area contributed by atoms with Gasteiger partial charge in [-0.05, 0) is 49.1 Å². The zero-order chi connectivity index (χ0) is 18.4. The summed E-state index contributed by atoms with van der Waals surface area (Å²) in [6.45, 7) is 1.19. The van der Waals surface area contributed by atoms with E-state index in [4.69, 9.17) is 0 Å². The maximum Gasteiger partial charge on any atom is 0.253 e. The summed E-state index contributed by atoms with van der Waals surface area (Å²) in [5.74, 6) is -0.380. The fourth-order valence-corrected chi connectivity index (χ4v) is 3.20. The van der Waals surface area contributed by atoms with E-state index in [-0.39, 0.29) is 23.7 Å². The quantitative estimate of drug-likeness (QED) is 0.897. The second-order valence-corrected chi connectivity index (χ2v) is 6.63. The maximum atomic E-state index is 13.0. The Hall–Kier alpha value is -2.69. The lowest BCUT2D eigenvalue weighted by molar-refractivity contribution is -0.122. The first-order valence-corrected chi connectivity index (χ1v) is 9.00. The van der Waals surface area contributed by atoms with E-state index >= 15 is 0 Å². The number of hydrogen-bond donors (Lipinski definition) is 1. The first kappa shape index (κ1) is 18.1. The van der Waals surface area contributed by atoms with Crippen LogP contribution in [-0.2, 0) is 11.2 Å². The first-order chi connectivity index (χ1) is 12.6. The molecule has 1 N–H and O–H groups in total. The topological polar surface area (TPSA) is 49.4 Å². The summed E-state index contributed by atoms with van der Waals surface area (Å²) in [6.07, 6.45) is 2.68. The van der Waals surface area contributed by atoms with Crippen LogP contribution in [0.5, 0.6) is 0 Å². The number of nitrogens with one attached hydrogen (secondary N) is 1. The Morgan fingerprint density at radius 2 is 1.65 bits per heavy atom. The summed E-state index contributed by atoms with van der Waals surface area (Å²) in [5, 5.41) is 3.07. The first-order valence-electron chi connectivity index (χ1n) is 9.00. The van der Waals surface area contributed by atoms with Gasteiger partial charge in [0.2, 0.25) is 5.91 Å². The zero-order valence-corrected chi connectivity index (χ0v) is 14.7. The van der Waals surface area contributed by atoms with Crippen LogP contribution in [0.25, 0.3) is 0 Å². The number of hydrogen-bond acceptors (Lipinski definition) is 2. The van der Waals surface area contributed by atoms with Gasteiger partial charge >= 0.3 is 0 Å². The molecule has 0 aromatic heterocycles.